The summed E-state index contributed by atoms with van der Waals surface area (Å²) in [5.41, 5.74) is 0.764. The molecule has 0 unspecified atom stereocenters. The lowest BCUT2D eigenvalue weighted by Crippen LogP contribution is -2.19. The largest absolute Gasteiger partial charge is 0.449 e. The average Bonchev–Trinajstić information content (AvgIpc) is 3.21. The summed E-state index contributed by atoms with van der Waals surface area (Å²) in [6.07, 6.45) is 1.71. The zero-order chi connectivity index (χ0) is 20.4. The Kier molecular flexibility index (Phi) is 6.56. The van der Waals surface area contributed by atoms with Crippen LogP contribution in [0.4, 0.5) is 5.69 Å². The molecule has 9 heteroatoms. The summed E-state index contributed by atoms with van der Waals surface area (Å²) in [5.74, 6) is 0.376. The first kappa shape index (κ1) is 20.8. The summed E-state index contributed by atoms with van der Waals surface area (Å²) in [4.78, 5) is 18.3. The van der Waals surface area contributed by atoms with Crippen molar-refractivity contribution in [1.82, 2.24) is 5.32 Å². The van der Waals surface area contributed by atoms with E-state index in [9.17, 15) is 4.79 Å². The van der Waals surface area contributed by atoms with Crippen LogP contribution in [-0.4, -0.2) is 11.1 Å². The maximum Gasteiger partial charge on any atom is 0.264 e. The van der Waals surface area contributed by atoms with Gasteiger partial charge in [0.05, 0.1) is 15.1 Å². The third kappa shape index (κ3) is 5.38. The van der Waals surface area contributed by atoms with E-state index in [-0.39, 0.29) is 5.91 Å². The number of nitrogens with one attached hydrogen (secondary N) is 1. The number of halogens is 3. The number of nitrogens with zero attached hydrogens (tertiary/aromatic N) is 1. The molecule has 0 atom stereocenters. The van der Waals surface area contributed by atoms with Crippen molar-refractivity contribution < 1.29 is 9.21 Å². The van der Waals surface area contributed by atoms with Crippen LogP contribution in [0.3, 0.4) is 0 Å². The first-order chi connectivity index (χ1) is 14.0. The van der Waals surface area contributed by atoms with E-state index in [2.05, 4.69) is 42.2 Å². The van der Waals surface area contributed by atoms with E-state index in [0.29, 0.717) is 25.9 Å². The molecule has 0 saturated carbocycles. The molecule has 0 spiro atoms. The quantitative estimate of drug-likeness (QED) is 0.330. The smallest absolute Gasteiger partial charge is 0.264 e. The van der Waals surface area contributed by atoms with Crippen LogP contribution >= 0.6 is 67.0 Å². The molecule has 4 nitrogen and oxygen atoms in total. The van der Waals surface area contributed by atoms with Crippen molar-refractivity contribution in [3.63, 3.8) is 0 Å². The normalized spacial score (nSPS) is 16.6. The Morgan fingerprint density at radius 1 is 1.10 bits per heavy atom. The van der Waals surface area contributed by atoms with Crippen LogP contribution in [0.25, 0.3) is 6.08 Å². The van der Waals surface area contributed by atoms with Crippen LogP contribution in [0.5, 0.6) is 0 Å². The zero-order valence-corrected chi connectivity index (χ0v) is 20.0. The Hall–Kier alpha value is -1.45. The number of furan rings is 1. The van der Waals surface area contributed by atoms with E-state index in [1.807, 2.05) is 54.6 Å². The van der Waals surface area contributed by atoms with Crippen molar-refractivity contribution in [3.05, 3.63) is 79.2 Å². The Bertz CT molecular complexity index is 1130. The number of rotatable bonds is 4. The van der Waals surface area contributed by atoms with Crippen molar-refractivity contribution in [2.75, 3.05) is 0 Å². The fraction of sp³-hybridized carbons (Fsp3) is 0. The molecule has 1 aliphatic rings. The van der Waals surface area contributed by atoms with Gasteiger partial charge in [-0.05, 0) is 82.3 Å². The van der Waals surface area contributed by atoms with Gasteiger partial charge in [0.2, 0.25) is 0 Å². The maximum absolute atomic E-state index is 12.3. The van der Waals surface area contributed by atoms with Gasteiger partial charge in [-0.25, -0.2) is 4.99 Å². The highest BCUT2D eigenvalue weighted by molar-refractivity contribution is 9.10. The highest BCUT2D eigenvalue weighted by Gasteiger charge is 2.24. The van der Waals surface area contributed by atoms with Gasteiger partial charge in [0.15, 0.2) is 10.3 Å². The van der Waals surface area contributed by atoms with Crippen molar-refractivity contribution in [2.24, 2.45) is 4.99 Å². The van der Waals surface area contributed by atoms with Gasteiger partial charge < -0.3 is 9.73 Å². The molecule has 2 aromatic carbocycles. The highest BCUT2D eigenvalue weighted by atomic mass is 79.9. The van der Waals surface area contributed by atoms with Gasteiger partial charge >= 0.3 is 0 Å². The van der Waals surface area contributed by atoms with Gasteiger partial charge in [0, 0.05) is 20.5 Å². The first-order valence-corrected chi connectivity index (χ1v) is 11.8. The standard InChI is InChI=1S/C20H11Br2ClN2O2S2/c21-11-1-5-13(6-2-11)24-20-25-18(26)17(29-20)10-14-9-16(22)19(27-14)28-15-7-3-12(23)4-8-15/h1-10H,(H,24,25,26)/b17-10+. The third-order valence-electron chi connectivity index (χ3n) is 3.68. The van der Waals surface area contributed by atoms with Crippen LogP contribution in [0.2, 0.25) is 5.02 Å². The minimum Gasteiger partial charge on any atom is -0.449 e. The summed E-state index contributed by atoms with van der Waals surface area (Å²) < 4.78 is 7.68. The van der Waals surface area contributed by atoms with Crippen LogP contribution in [-0.2, 0) is 4.79 Å². The minimum absolute atomic E-state index is 0.203. The molecule has 1 saturated heterocycles. The van der Waals surface area contributed by atoms with Crippen molar-refractivity contribution in [2.45, 2.75) is 9.99 Å². The van der Waals surface area contributed by atoms with Gasteiger partial charge in [-0.1, -0.05) is 39.3 Å². The lowest BCUT2D eigenvalue weighted by Gasteiger charge is -1.98. The Morgan fingerprint density at radius 3 is 2.55 bits per heavy atom. The summed E-state index contributed by atoms with van der Waals surface area (Å²) in [6, 6.07) is 16.9. The second-order valence-corrected chi connectivity index (χ2v) is 10.1. The minimum atomic E-state index is -0.203. The number of benzene rings is 2. The van der Waals surface area contributed by atoms with Crippen LogP contribution in [0, 0.1) is 0 Å². The van der Waals surface area contributed by atoms with Gasteiger partial charge in [-0.15, -0.1) is 0 Å². The predicted molar refractivity (Wildman–Crippen MR) is 127 cm³/mol. The molecule has 1 aliphatic heterocycles. The van der Waals surface area contributed by atoms with Gasteiger partial charge in [0.1, 0.15) is 5.76 Å². The van der Waals surface area contributed by atoms with Gasteiger partial charge in [-0.3, -0.25) is 4.79 Å². The van der Waals surface area contributed by atoms with E-state index >= 15 is 0 Å². The lowest BCUT2D eigenvalue weighted by molar-refractivity contribution is -0.115. The molecular weight excluding hydrogens is 560 g/mol. The monoisotopic (exact) mass is 568 g/mol. The number of amides is 1. The number of aliphatic imine (C=N–C) groups is 1. The van der Waals surface area contributed by atoms with E-state index in [4.69, 9.17) is 16.0 Å². The Morgan fingerprint density at radius 2 is 1.83 bits per heavy atom. The second kappa shape index (κ2) is 9.14. The van der Waals surface area contributed by atoms with Gasteiger partial charge in [-0.2, -0.15) is 0 Å². The fourth-order valence-electron chi connectivity index (χ4n) is 2.36. The molecule has 1 N–H and O–H groups in total. The maximum atomic E-state index is 12.3. The number of amidine groups is 1. The van der Waals surface area contributed by atoms with E-state index in [1.54, 1.807) is 6.08 Å². The summed E-state index contributed by atoms with van der Waals surface area (Å²) >= 11 is 15.6. The summed E-state index contributed by atoms with van der Waals surface area (Å²) in [7, 11) is 0. The first-order valence-electron chi connectivity index (χ1n) is 8.24. The number of hydrogen-bond donors (Lipinski definition) is 1. The van der Waals surface area contributed by atoms with Crippen molar-refractivity contribution in [1.29, 1.82) is 0 Å². The molecule has 29 heavy (non-hydrogen) atoms. The molecule has 3 aromatic rings. The molecule has 0 aliphatic carbocycles. The second-order valence-electron chi connectivity index (χ2n) is 5.80. The number of carbonyl (C=O) groups excluding carboxylic acids is 1. The lowest BCUT2D eigenvalue weighted by atomic mass is 10.3. The molecule has 1 fully saturated rings. The molecule has 0 bridgehead atoms. The fourth-order valence-corrected chi connectivity index (χ4v) is 4.90. The molecule has 1 amide bonds. The number of hydrogen-bond acceptors (Lipinski definition) is 5. The van der Waals surface area contributed by atoms with Gasteiger partial charge in [0.25, 0.3) is 5.91 Å². The number of thioether (sulfide) groups is 1. The van der Waals surface area contributed by atoms with Crippen LogP contribution in [0.15, 0.2) is 87.8 Å². The summed E-state index contributed by atoms with van der Waals surface area (Å²) in [5, 5.41) is 4.69. The molecule has 2 heterocycles. The zero-order valence-electron chi connectivity index (χ0n) is 14.5. The topological polar surface area (TPSA) is 54.6 Å². The summed E-state index contributed by atoms with van der Waals surface area (Å²) in [6.45, 7) is 0. The van der Waals surface area contributed by atoms with E-state index in [0.717, 1.165) is 19.5 Å². The average molecular weight is 571 g/mol. The number of carbonyl (C=O) groups is 1. The molecule has 1 aromatic heterocycles. The molecule has 4 rings (SSSR count). The van der Waals surface area contributed by atoms with E-state index in [1.165, 1.54) is 23.5 Å². The SMILES string of the molecule is O=C1NC(=Nc2ccc(Br)cc2)S/C1=C/c1cc(Br)c(Sc2ccc(Cl)cc2)o1. The van der Waals surface area contributed by atoms with E-state index < -0.39 is 0 Å². The molecule has 146 valence electrons. The third-order valence-corrected chi connectivity index (χ3v) is 7.22. The van der Waals surface area contributed by atoms with Crippen molar-refractivity contribution >= 4 is 89.8 Å². The Labute approximate surface area is 197 Å². The van der Waals surface area contributed by atoms with Crippen molar-refractivity contribution in [3.8, 4) is 0 Å². The van der Waals surface area contributed by atoms with Crippen LogP contribution in [0.1, 0.15) is 5.76 Å². The molecule has 0 radical (unpaired) electrons. The highest BCUT2D eigenvalue weighted by Crippen LogP contribution is 2.38. The van der Waals surface area contributed by atoms with Crippen LogP contribution < -0.4 is 5.32 Å². The predicted octanol–water partition coefficient (Wildman–Crippen LogP) is 7.50. The Balaban J connectivity index is 1.51. The molecular formula is C20H11Br2ClN2O2S2.